The fraction of sp³-hybridized carbons (Fsp3) is 0.652. The van der Waals surface area contributed by atoms with E-state index in [2.05, 4.69) is 27.8 Å². The highest BCUT2D eigenvalue weighted by molar-refractivity contribution is 6.28. The molecule has 1 saturated heterocycles. The Labute approximate surface area is 198 Å². The van der Waals surface area contributed by atoms with Gasteiger partial charge in [0.15, 0.2) is 17.1 Å². The Morgan fingerprint density at radius 2 is 2.18 bits per heavy atom. The van der Waals surface area contributed by atoms with Gasteiger partial charge in [0.2, 0.25) is 5.28 Å². The zero-order valence-corrected chi connectivity index (χ0v) is 19.5. The number of carbonyl (C=O) groups excluding carboxylic acids is 1. The fourth-order valence-electron chi connectivity index (χ4n) is 4.82. The predicted octanol–water partition coefficient (Wildman–Crippen LogP) is 3.25. The first-order valence-electron chi connectivity index (χ1n) is 11.5. The number of fused-ring (bicyclic) bond motifs is 1. The van der Waals surface area contributed by atoms with Crippen molar-refractivity contribution in [1.29, 1.82) is 0 Å². The van der Waals surface area contributed by atoms with Gasteiger partial charge in [-0.3, -0.25) is 9.36 Å². The molecule has 3 N–H and O–H groups in total. The third kappa shape index (κ3) is 4.79. The minimum Gasteiger partial charge on any atom is -0.461 e. The monoisotopic (exact) mass is 475 g/mol. The van der Waals surface area contributed by atoms with E-state index in [4.69, 9.17) is 33.2 Å². The lowest BCUT2D eigenvalue weighted by Crippen LogP contribution is -2.44. The molecule has 4 rings (SSSR count). The van der Waals surface area contributed by atoms with Crippen LogP contribution in [0.2, 0.25) is 5.28 Å². The van der Waals surface area contributed by atoms with E-state index in [0.29, 0.717) is 17.1 Å². The number of rotatable bonds is 7. The molecule has 2 aromatic rings. The summed E-state index contributed by atoms with van der Waals surface area (Å²) in [5, 5.41) is 10.7. The maximum atomic E-state index is 12.7. The molecule has 33 heavy (non-hydrogen) atoms. The molecule has 0 aromatic carbocycles. The second-order valence-electron chi connectivity index (χ2n) is 9.03. The number of esters is 1. The number of ether oxygens (including phenoxy) is 2. The largest absolute Gasteiger partial charge is 0.461 e. The van der Waals surface area contributed by atoms with Crippen LogP contribution in [0.3, 0.4) is 0 Å². The van der Waals surface area contributed by atoms with Gasteiger partial charge in [-0.25, -0.2) is 4.98 Å². The number of terminal acetylenes is 1. The third-order valence-electron chi connectivity index (χ3n) is 6.86. The highest BCUT2D eigenvalue weighted by atomic mass is 35.5. The number of halogens is 1. The maximum absolute atomic E-state index is 12.7. The minimum absolute atomic E-state index is 0.0261. The molecule has 3 heterocycles. The number of nitrogen functional groups attached to an aromatic ring is 1. The van der Waals surface area contributed by atoms with Crippen molar-refractivity contribution >= 4 is 34.6 Å². The van der Waals surface area contributed by atoms with Gasteiger partial charge < -0.3 is 20.3 Å². The lowest BCUT2D eigenvalue weighted by molar-refractivity contribution is -0.162. The van der Waals surface area contributed by atoms with Crippen LogP contribution in [-0.4, -0.2) is 48.9 Å². The van der Waals surface area contributed by atoms with E-state index in [0.717, 1.165) is 25.7 Å². The van der Waals surface area contributed by atoms with Gasteiger partial charge in [-0.05, 0) is 43.2 Å². The van der Waals surface area contributed by atoms with Crippen molar-refractivity contribution in [3.05, 3.63) is 11.6 Å². The van der Waals surface area contributed by atoms with Crippen LogP contribution in [0.25, 0.3) is 11.2 Å². The number of hydrogen-bond donors (Lipinski definition) is 2. The van der Waals surface area contributed by atoms with Crippen molar-refractivity contribution in [2.45, 2.75) is 76.2 Å². The standard InChI is InChI=1S/C23H30ClN5O4/c1-3-5-6-14-7-9-15(10-8-14)21(31)32-12-23(4-2)16(30)11-17(33-23)29-13-26-18-19(25)27-22(24)28-20(18)29/h2,13-17,30H,3,5-12H2,1H3,(H2,25,27,28)/t14?,15?,16-,17+,23+/m0/s1. The predicted molar refractivity (Wildman–Crippen MR) is 123 cm³/mol. The lowest BCUT2D eigenvalue weighted by atomic mass is 9.80. The van der Waals surface area contributed by atoms with Crippen molar-refractivity contribution in [2.75, 3.05) is 12.3 Å². The molecule has 1 aliphatic heterocycles. The summed E-state index contributed by atoms with van der Waals surface area (Å²) in [6.45, 7) is 1.97. The molecule has 1 saturated carbocycles. The summed E-state index contributed by atoms with van der Waals surface area (Å²) < 4.78 is 13.2. The van der Waals surface area contributed by atoms with Crippen molar-refractivity contribution in [1.82, 2.24) is 19.5 Å². The molecular weight excluding hydrogens is 446 g/mol. The van der Waals surface area contributed by atoms with Gasteiger partial charge in [-0.1, -0.05) is 32.1 Å². The number of carbonyl (C=O) groups is 1. The number of unbranched alkanes of at least 4 members (excludes halogenated alkanes) is 1. The van der Waals surface area contributed by atoms with E-state index in [-0.39, 0.29) is 36.0 Å². The van der Waals surface area contributed by atoms with Crippen LogP contribution >= 0.6 is 11.6 Å². The third-order valence-corrected chi connectivity index (χ3v) is 7.03. The summed E-state index contributed by atoms with van der Waals surface area (Å²) in [6.07, 6.45) is 13.1. The van der Waals surface area contributed by atoms with Gasteiger partial charge in [-0.2, -0.15) is 9.97 Å². The first kappa shape index (κ1) is 23.7. The highest BCUT2D eigenvalue weighted by Crippen LogP contribution is 2.39. The Kier molecular flexibility index (Phi) is 7.07. The average molecular weight is 476 g/mol. The molecule has 0 bridgehead atoms. The molecule has 0 spiro atoms. The van der Waals surface area contributed by atoms with E-state index >= 15 is 0 Å². The molecular formula is C23H30ClN5O4. The number of aliphatic hydroxyl groups is 1. The van der Waals surface area contributed by atoms with Gasteiger partial charge in [0.1, 0.15) is 24.5 Å². The van der Waals surface area contributed by atoms with Crippen LogP contribution in [0.1, 0.15) is 64.5 Å². The Morgan fingerprint density at radius 1 is 1.42 bits per heavy atom. The number of anilines is 1. The number of nitrogens with two attached hydrogens (primary N) is 1. The Balaban J connectivity index is 1.40. The van der Waals surface area contributed by atoms with Crippen LogP contribution in [0.5, 0.6) is 0 Å². The molecule has 3 atom stereocenters. The SMILES string of the molecule is C#C[C@]1(COC(=O)C2CCC(CCCC)CC2)O[C@@H](n2cnc3c(N)nc(Cl)nc32)C[C@@H]1O. The van der Waals surface area contributed by atoms with Gasteiger partial charge in [0, 0.05) is 6.42 Å². The van der Waals surface area contributed by atoms with Crippen LogP contribution in [0.15, 0.2) is 6.33 Å². The average Bonchev–Trinajstić information content (AvgIpc) is 3.37. The van der Waals surface area contributed by atoms with Crippen LogP contribution in [0, 0.1) is 24.2 Å². The molecule has 178 valence electrons. The Hall–Kier alpha value is -2.41. The van der Waals surface area contributed by atoms with Crippen LogP contribution in [-0.2, 0) is 14.3 Å². The highest BCUT2D eigenvalue weighted by Gasteiger charge is 2.49. The second kappa shape index (κ2) is 9.84. The van der Waals surface area contributed by atoms with E-state index < -0.39 is 17.9 Å². The molecule has 0 unspecified atom stereocenters. The molecule has 0 amide bonds. The lowest BCUT2D eigenvalue weighted by Gasteiger charge is -2.30. The summed E-state index contributed by atoms with van der Waals surface area (Å²) >= 11 is 5.94. The van der Waals surface area contributed by atoms with E-state index in [1.807, 2.05) is 0 Å². The number of nitrogens with zero attached hydrogens (tertiary/aromatic N) is 4. The normalized spacial score (nSPS) is 29.8. The van der Waals surface area contributed by atoms with E-state index in [1.165, 1.54) is 25.6 Å². The van der Waals surface area contributed by atoms with Crippen molar-refractivity contribution in [3.8, 4) is 12.3 Å². The summed E-state index contributed by atoms with van der Waals surface area (Å²) in [5.41, 5.74) is 5.15. The smallest absolute Gasteiger partial charge is 0.309 e. The van der Waals surface area contributed by atoms with Crippen molar-refractivity contribution in [3.63, 3.8) is 0 Å². The van der Waals surface area contributed by atoms with Gasteiger partial charge in [-0.15, -0.1) is 6.42 Å². The number of hydrogen-bond acceptors (Lipinski definition) is 8. The van der Waals surface area contributed by atoms with E-state index in [9.17, 15) is 9.90 Å². The number of aromatic nitrogens is 4. The van der Waals surface area contributed by atoms with Gasteiger partial charge >= 0.3 is 5.97 Å². The van der Waals surface area contributed by atoms with Crippen LogP contribution < -0.4 is 5.73 Å². The number of imidazole rings is 1. The van der Waals surface area contributed by atoms with Gasteiger partial charge in [0.05, 0.1) is 12.2 Å². The molecule has 1 aliphatic carbocycles. The zero-order chi connectivity index (χ0) is 23.6. The molecule has 0 radical (unpaired) electrons. The molecule has 10 heteroatoms. The first-order valence-corrected chi connectivity index (χ1v) is 11.9. The van der Waals surface area contributed by atoms with E-state index in [1.54, 1.807) is 4.57 Å². The quantitative estimate of drug-likeness (QED) is 0.355. The van der Waals surface area contributed by atoms with Crippen molar-refractivity contribution < 1.29 is 19.4 Å². The molecule has 2 aromatic heterocycles. The summed E-state index contributed by atoms with van der Waals surface area (Å²) in [6, 6.07) is 0. The zero-order valence-electron chi connectivity index (χ0n) is 18.7. The fourth-order valence-corrected chi connectivity index (χ4v) is 4.99. The molecule has 9 nitrogen and oxygen atoms in total. The first-order chi connectivity index (χ1) is 15.9. The minimum atomic E-state index is -1.46. The second-order valence-corrected chi connectivity index (χ2v) is 9.37. The summed E-state index contributed by atoms with van der Waals surface area (Å²) in [7, 11) is 0. The number of aliphatic hydroxyl groups excluding tert-OH is 1. The molecule has 2 aliphatic rings. The summed E-state index contributed by atoms with van der Waals surface area (Å²) in [4.78, 5) is 25.0. The Bertz CT molecular complexity index is 1050. The molecule has 2 fully saturated rings. The maximum Gasteiger partial charge on any atom is 0.309 e. The van der Waals surface area contributed by atoms with Gasteiger partial charge in [0.25, 0.3) is 0 Å². The van der Waals surface area contributed by atoms with Crippen LogP contribution in [0.4, 0.5) is 5.82 Å². The van der Waals surface area contributed by atoms with Crippen molar-refractivity contribution in [2.24, 2.45) is 11.8 Å². The topological polar surface area (TPSA) is 125 Å². The Morgan fingerprint density at radius 3 is 2.88 bits per heavy atom. The summed E-state index contributed by atoms with van der Waals surface area (Å²) in [5.74, 6) is 2.94.